The molecular weight excluding hydrogens is 336 g/mol. The van der Waals surface area contributed by atoms with E-state index in [1.807, 2.05) is 18.5 Å². The molecule has 0 unspecified atom stereocenters. The van der Waals surface area contributed by atoms with Crippen molar-refractivity contribution in [3.8, 4) is 17.1 Å². The van der Waals surface area contributed by atoms with Gasteiger partial charge in [-0.3, -0.25) is 9.55 Å². The van der Waals surface area contributed by atoms with Crippen LogP contribution in [0.15, 0.2) is 48.9 Å². The van der Waals surface area contributed by atoms with Gasteiger partial charge >= 0.3 is 0 Å². The molecule has 0 aliphatic rings. The zero-order valence-electron chi connectivity index (χ0n) is 16.0. The van der Waals surface area contributed by atoms with Gasteiger partial charge in [0.1, 0.15) is 11.6 Å². The number of pyridine rings is 1. The van der Waals surface area contributed by atoms with Crippen molar-refractivity contribution in [3.63, 3.8) is 0 Å². The molecule has 27 heavy (non-hydrogen) atoms. The molecule has 0 spiro atoms. The molecule has 0 bridgehead atoms. The highest BCUT2D eigenvalue weighted by molar-refractivity contribution is 5.82. The summed E-state index contributed by atoms with van der Waals surface area (Å²) in [6.45, 7) is 6.28. The first kappa shape index (κ1) is 18.7. The van der Waals surface area contributed by atoms with Crippen LogP contribution in [-0.4, -0.2) is 24.5 Å². The van der Waals surface area contributed by atoms with E-state index >= 15 is 0 Å². The fourth-order valence-electron chi connectivity index (χ4n) is 3.14. The summed E-state index contributed by atoms with van der Waals surface area (Å²) in [5, 5.41) is 0. The van der Waals surface area contributed by atoms with Crippen LogP contribution in [0.2, 0.25) is 0 Å². The summed E-state index contributed by atoms with van der Waals surface area (Å²) < 4.78 is 2.14. The van der Waals surface area contributed by atoms with Gasteiger partial charge in [0.25, 0.3) is 0 Å². The molecule has 0 saturated heterocycles. The van der Waals surface area contributed by atoms with Crippen molar-refractivity contribution in [1.82, 2.24) is 30.7 Å². The molecule has 0 saturated carbocycles. The van der Waals surface area contributed by atoms with Gasteiger partial charge in [0.05, 0.1) is 28.5 Å². The topological polar surface area (TPSA) is 91.5 Å². The Bertz CT molecular complexity index is 1070. The lowest BCUT2D eigenvalue weighted by Gasteiger charge is -2.12. The van der Waals surface area contributed by atoms with Crippen LogP contribution in [0.1, 0.15) is 30.9 Å². The highest BCUT2D eigenvalue weighted by Gasteiger charge is 2.18. The van der Waals surface area contributed by atoms with E-state index in [2.05, 4.69) is 59.6 Å². The number of aryl methyl sites for hydroxylation is 3. The molecule has 0 fully saturated rings. The van der Waals surface area contributed by atoms with E-state index < -0.39 is 0 Å². The lowest BCUT2D eigenvalue weighted by molar-refractivity contribution is 0.885. The minimum Gasteiger partial charge on any atom is -0.344 e. The SMILES string of the molecule is CCc1ncc(-c2nc3ccncc3n2-c2ccc(C)cc2)c(CC)n1.N. The van der Waals surface area contributed by atoms with Crippen LogP contribution in [0, 0.1) is 6.92 Å². The summed E-state index contributed by atoms with van der Waals surface area (Å²) >= 11 is 0. The van der Waals surface area contributed by atoms with Gasteiger partial charge in [-0.25, -0.2) is 15.0 Å². The minimum atomic E-state index is 0. The van der Waals surface area contributed by atoms with E-state index in [0.29, 0.717) is 0 Å². The Morgan fingerprint density at radius 3 is 2.41 bits per heavy atom. The summed E-state index contributed by atoms with van der Waals surface area (Å²) in [4.78, 5) is 18.4. The van der Waals surface area contributed by atoms with Crippen molar-refractivity contribution in [2.75, 3.05) is 0 Å². The normalized spacial score (nSPS) is 10.8. The highest BCUT2D eigenvalue weighted by Crippen LogP contribution is 2.29. The molecule has 0 aliphatic heterocycles. The number of nitrogens with zero attached hydrogens (tertiary/aromatic N) is 5. The standard InChI is InChI=1S/C21H21N5.H3N/c1-4-17-16(12-23-20(5-2)24-17)21-25-18-10-11-22-13-19(18)26(21)15-8-6-14(3)7-9-15;/h6-13H,4-5H2,1-3H3;1H3. The van der Waals surface area contributed by atoms with Crippen molar-refractivity contribution in [2.24, 2.45) is 0 Å². The zero-order chi connectivity index (χ0) is 18.1. The van der Waals surface area contributed by atoms with Crippen LogP contribution in [0.3, 0.4) is 0 Å². The maximum Gasteiger partial charge on any atom is 0.149 e. The monoisotopic (exact) mass is 360 g/mol. The van der Waals surface area contributed by atoms with Gasteiger partial charge in [-0.15, -0.1) is 0 Å². The molecule has 0 atom stereocenters. The Morgan fingerprint density at radius 2 is 1.70 bits per heavy atom. The average Bonchev–Trinajstić information content (AvgIpc) is 3.07. The summed E-state index contributed by atoms with van der Waals surface area (Å²) in [5.74, 6) is 1.72. The number of hydrogen-bond acceptors (Lipinski definition) is 5. The number of benzene rings is 1. The van der Waals surface area contributed by atoms with Crippen LogP contribution in [0.4, 0.5) is 0 Å². The fourth-order valence-corrected chi connectivity index (χ4v) is 3.14. The average molecular weight is 360 g/mol. The van der Waals surface area contributed by atoms with E-state index in [1.165, 1.54) is 5.56 Å². The molecule has 4 rings (SSSR count). The molecule has 4 aromatic rings. The Balaban J connectivity index is 0.00000210. The van der Waals surface area contributed by atoms with Gasteiger partial charge in [-0.05, 0) is 31.5 Å². The predicted molar refractivity (Wildman–Crippen MR) is 108 cm³/mol. The van der Waals surface area contributed by atoms with Gasteiger partial charge in [0, 0.05) is 24.5 Å². The first-order valence-electron chi connectivity index (χ1n) is 8.96. The third-order valence-corrected chi connectivity index (χ3v) is 4.56. The molecule has 6 nitrogen and oxygen atoms in total. The van der Waals surface area contributed by atoms with Crippen LogP contribution < -0.4 is 6.15 Å². The van der Waals surface area contributed by atoms with Crippen molar-refractivity contribution in [3.05, 3.63) is 66.0 Å². The van der Waals surface area contributed by atoms with E-state index in [9.17, 15) is 0 Å². The largest absolute Gasteiger partial charge is 0.344 e. The Kier molecular flexibility index (Phi) is 5.28. The molecule has 0 amide bonds. The van der Waals surface area contributed by atoms with Crippen molar-refractivity contribution >= 4 is 11.0 Å². The Labute approximate surface area is 158 Å². The van der Waals surface area contributed by atoms with E-state index in [1.54, 1.807) is 6.20 Å². The van der Waals surface area contributed by atoms with Crippen LogP contribution in [0.25, 0.3) is 28.1 Å². The van der Waals surface area contributed by atoms with Crippen LogP contribution in [0.5, 0.6) is 0 Å². The number of imidazole rings is 1. The maximum atomic E-state index is 4.89. The number of fused-ring (bicyclic) bond motifs is 1. The van der Waals surface area contributed by atoms with Crippen LogP contribution in [-0.2, 0) is 12.8 Å². The molecule has 0 radical (unpaired) electrons. The van der Waals surface area contributed by atoms with Gasteiger partial charge in [0.2, 0.25) is 0 Å². The van der Waals surface area contributed by atoms with Gasteiger partial charge in [-0.2, -0.15) is 0 Å². The minimum absolute atomic E-state index is 0. The molecule has 3 aromatic heterocycles. The summed E-state index contributed by atoms with van der Waals surface area (Å²) in [6, 6.07) is 10.4. The van der Waals surface area contributed by atoms with Crippen molar-refractivity contribution in [1.29, 1.82) is 0 Å². The fraction of sp³-hybridized carbons (Fsp3) is 0.238. The van der Waals surface area contributed by atoms with E-state index in [0.717, 1.165) is 52.5 Å². The zero-order valence-corrected chi connectivity index (χ0v) is 16.0. The third kappa shape index (κ3) is 3.31. The number of hydrogen-bond donors (Lipinski definition) is 1. The quantitative estimate of drug-likeness (QED) is 0.579. The second-order valence-corrected chi connectivity index (χ2v) is 6.32. The van der Waals surface area contributed by atoms with Crippen molar-refractivity contribution < 1.29 is 0 Å². The molecule has 3 N–H and O–H groups in total. The molecule has 1 aromatic carbocycles. The summed E-state index contributed by atoms with van der Waals surface area (Å²) in [7, 11) is 0. The smallest absolute Gasteiger partial charge is 0.149 e. The highest BCUT2D eigenvalue weighted by atomic mass is 15.1. The second kappa shape index (κ2) is 7.63. The second-order valence-electron chi connectivity index (χ2n) is 6.32. The lowest BCUT2D eigenvalue weighted by atomic mass is 10.1. The summed E-state index contributed by atoms with van der Waals surface area (Å²) in [5.41, 5.74) is 6.17. The lowest BCUT2D eigenvalue weighted by Crippen LogP contribution is -2.04. The number of aromatic nitrogens is 5. The van der Waals surface area contributed by atoms with Crippen molar-refractivity contribution in [2.45, 2.75) is 33.6 Å². The molecular formula is C21H24N6. The first-order chi connectivity index (χ1) is 12.7. The number of rotatable bonds is 4. The third-order valence-electron chi connectivity index (χ3n) is 4.56. The van der Waals surface area contributed by atoms with E-state index in [4.69, 9.17) is 9.97 Å². The Hall–Kier alpha value is -3.12. The predicted octanol–water partition coefficient (Wildman–Crippen LogP) is 4.47. The molecule has 138 valence electrons. The molecule has 3 heterocycles. The van der Waals surface area contributed by atoms with Crippen LogP contribution >= 0.6 is 0 Å². The molecule has 6 heteroatoms. The maximum absolute atomic E-state index is 4.89. The summed E-state index contributed by atoms with van der Waals surface area (Å²) in [6.07, 6.45) is 7.20. The van der Waals surface area contributed by atoms with Gasteiger partial charge < -0.3 is 6.15 Å². The molecule has 0 aliphatic carbocycles. The van der Waals surface area contributed by atoms with E-state index in [-0.39, 0.29) is 6.15 Å². The Morgan fingerprint density at radius 1 is 0.926 bits per heavy atom. The van der Waals surface area contributed by atoms with Gasteiger partial charge in [-0.1, -0.05) is 31.5 Å². The first-order valence-corrected chi connectivity index (χ1v) is 8.96. The van der Waals surface area contributed by atoms with Gasteiger partial charge in [0.15, 0.2) is 0 Å².